The summed E-state index contributed by atoms with van der Waals surface area (Å²) in [7, 11) is -3.70. The van der Waals surface area contributed by atoms with Gasteiger partial charge >= 0.3 is 0 Å². The van der Waals surface area contributed by atoms with E-state index in [2.05, 4.69) is 15.5 Å². The minimum absolute atomic E-state index is 0.112. The lowest BCUT2D eigenvalue weighted by Crippen LogP contribution is -2.45. The van der Waals surface area contributed by atoms with Gasteiger partial charge in [0.2, 0.25) is 17.6 Å². The Hall–Kier alpha value is -2.56. The largest absolute Gasteiger partial charge is 0.352 e. The monoisotopic (exact) mass is 474 g/mol. The minimum Gasteiger partial charge on any atom is -0.352 e. The van der Waals surface area contributed by atoms with Crippen molar-refractivity contribution in [3.8, 4) is 11.4 Å². The van der Waals surface area contributed by atoms with Gasteiger partial charge in [-0.2, -0.15) is 9.29 Å². The molecule has 1 aliphatic heterocycles. The van der Waals surface area contributed by atoms with Crippen molar-refractivity contribution in [3.05, 3.63) is 52.7 Å². The number of hydrogen-bond donors (Lipinski definition) is 1. The molecule has 0 aliphatic carbocycles. The molecular weight excluding hydrogens is 448 g/mol. The number of aromatic nitrogens is 2. The number of amides is 1. The van der Waals surface area contributed by atoms with Gasteiger partial charge in [-0.1, -0.05) is 36.3 Å². The number of carbonyl (C=O) groups is 1. The zero-order chi connectivity index (χ0) is 22.7. The second kappa shape index (κ2) is 9.51. The van der Waals surface area contributed by atoms with Gasteiger partial charge in [0.25, 0.3) is 10.0 Å². The predicted octanol–water partition coefficient (Wildman–Crippen LogP) is 3.39. The van der Waals surface area contributed by atoms with Crippen LogP contribution < -0.4 is 5.32 Å². The van der Waals surface area contributed by atoms with Crippen LogP contribution in [0.15, 0.2) is 44.4 Å². The van der Waals surface area contributed by atoms with Crippen molar-refractivity contribution in [2.75, 3.05) is 13.1 Å². The normalized spacial score (nSPS) is 17.4. The Labute approximate surface area is 191 Å². The van der Waals surface area contributed by atoms with E-state index in [4.69, 9.17) is 4.52 Å². The Morgan fingerprint density at radius 1 is 1.34 bits per heavy atom. The number of aryl methyl sites for hydroxylation is 2. The lowest BCUT2D eigenvalue weighted by Gasteiger charge is -2.30. The molecule has 3 heterocycles. The highest BCUT2D eigenvalue weighted by molar-refractivity contribution is 7.91. The van der Waals surface area contributed by atoms with E-state index in [1.807, 2.05) is 38.1 Å². The van der Waals surface area contributed by atoms with Crippen LogP contribution in [0.25, 0.3) is 11.4 Å². The predicted molar refractivity (Wildman–Crippen MR) is 121 cm³/mol. The molecule has 0 bridgehead atoms. The van der Waals surface area contributed by atoms with Gasteiger partial charge in [0.15, 0.2) is 0 Å². The summed E-state index contributed by atoms with van der Waals surface area (Å²) in [4.78, 5) is 17.0. The maximum absolute atomic E-state index is 13.2. The van der Waals surface area contributed by atoms with E-state index in [9.17, 15) is 13.2 Å². The SMILES string of the molecule is CCc1nc(-c2csc(S(=O)(=O)N3CCC[C@H](C(=O)NCc4ccccc4C)C3)c2)no1. The van der Waals surface area contributed by atoms with Crippen LogP contribution in [0.1, 0.15) is 36.8 Å². The van der Waals surface area contributed by atoms with Gasteiger partial charge in [-0.3, -0.25) is 4.79 Å². The summed E-state index contributed by atoms with van der Waals surface area (Å²) in [5, 5.41) is 8.60. The minimum atomic E-state index is -3.70. The van der Waals surface area contributed by atoms with Gasteiger partial charge in [-0.15, -0.1) is 11.3 Å². The smallest absolute Gasteiger partial charge is 0.252 e. The Morgan fingerprint density at radius 2 is 2.16 bits per heavy atom. The molecule has 1 atom stereocenters. The average Bonchev–Trinajstić information content (AvgIpc) is 3.48. The van der Waals surface area contributed by atoms with E-state index in [1.165, 1.54) is 4.31 Å². The first-order chi connectivity index (χ1) is 15.4. The van der Waals surface area contributed by atoms with Crippen molar-refractivity contribution < 1.29 is 17.7 Å². The van der Waals surface area contributed by atoms with E-state index in [0.29, 0.717) is 49.6 Å². The molecule has 0 unspecified atom stereocenters. The third kappa shape index (κ3) is 4.77. The number of hydrogen-bond acceptors (Lipinski definition) is 7. The zero-order valence-corrected chi connectivity index (χ0v) is 19.7. The van der Waals surface area contributed by atoms with Crippen LogP contribution in [0.3, 0.4) is 0 Å². The van der Waals surface area contributed by atoms with Crippen LogP contribution >= 0.6 is 11.3 Å². The molecule has 0 spiro atoms. The highest BCUT2D eigenvalue weighted by Crippen LogP contribution is 2.31. The van der Waals surface area contributed by atoms with Crippen LogP contribution in [0, 0.1) is 12.8 Å². The maximum atomic E-state index is 13.2. The van der Waals surface area contributed by atoms with Gasteiger partial charge in [0.1, 0.15) is 4.21 Å². The summed E-state index contributed by atoms with van der Waals surface area (Å²) in [6.45, 7) is 4.93. The number of sulfonamides is 1. The van der Waals surface area contributed by atoms with Crippen molar-refractivity contribution >= 4 is 27.3 Å². The zero-order valence-electron chi connectivity index (χ0n) is 18.1. The first-order valence-corrected chi connectivity index (χ1v) is 12.9. The van der Waals surface area contributed by atoms with Crippen LogP contribution in [0.5, 0.6) is 0 Å². The molecule has 1 saturated heterocycles. The van der Waals surface area contributed by atoms with E-state index in [1.54, 1.807) is 11.4 Å². The van der Waals surface area contributed by atoms with Crippen molar-refractivity contribution in [3.63, 3.8) is 0 Å². The molecule has 8 nitrogen and oxygen atoms in total. The van der Waals surface area contributed by atoms with Crippen molar-refractivity contribution in [2.24, 2.45) is 5.92 Å². The number of nitrogens with zero attached hydrogens (tertiary/aromatic N) is 3. The third-order valence-electron chi connectivity index (χ3n) is 5.67. The molecule has 3 aromatic rings. The van der Waals surface area contributed by atoms with Gasteiger partial charge in [0, 0.05) is 37.0 Å². The molecule has 4 rings (SSSR count). The first-order valence-electron chi connectivity index (χ1n) is 10.6. The molecule has 10 heteroatoms. The van der Waals surface area contributed by atoms with Crippen molar-refractivity contribution in [1.29, 1.82) is 0 Å². The molecule has 1 fully saturated rings. The van der Waals surface area contributed by atoms with E-state index in [0.717, 1.165) is 22.5 Å². The Kier molecular flexibility index (Phi) is 6.73. The molecule has 2 aromatic heterocycles. The summed E-state index contributed by atoms with van der Waals surface area (Å²) in [6, 6.07) is 9.46. The standard InChI is InChI=1S/C22H26N4O4S2/c1-3-19-24-21(25-30-19)18-11-20(31-14-18)32(28,29)26-10-6-9-17(13-26)22(27)23-12-16-8-5-4-7-15(16)2/h4-5,7-8,11,14,17H,3,6,9-10,12-13H2,1-2H3,(H,23,27)/t17-/m0/s1. The van der Waals surface area contributed by atoms with Crippen LogP contribution in [-0.2, 0) is 27.8 Å². The van der Waals surface area contributed by atoms with Crippen LogP contribution in [-0.4, -0.2) is 41.9 Å². The summed E-state index contributed by atoms with van der Waals surface area (Å²) < 4.78 is 33.2. The molecule has 170 valence electrons. The number of piperidine rings is 1. The van der Waals surface area contributed by atoms with E-state index in [-0.39, 0.29) is 22.6 Å². The lowest BCUT2D eigenvalue weighted by atomic mass is 9.98. The van der Waals surface area contributed by atoms with Crippen molar-refractivity contribution in [1.82, 2.24) is 19.8 Å². The average molecular weight is 475 g/mol. The quantitative estimate of drug-likeness (QED) is 0.563. The highest BCUT2D eigenvalue weighted by Gasteiger charge is 2.34. The maximum Gasteiger partial charge on any atom is 0.252 e. The summed E-state index contributed by atoms with van der Waals surface area (Å²) in [5.41, 5.74) is 2.78. The fourth-order valence-corrected chi connectivity index (χ4v) is 6.56. The Bertz CT molecular complexity index is 1200. The van der Waals surface area contributed by atoms with Crippen LogP contribution in [0.4, 0.5) is 0 Å². The molecule has 32 heavy (non-hydrogen) atoms. The Balaban J connectivity index is 1.43. The number of rotatable bonds is 7. The third-order valence-corrected chi connectivity index (χ3v) is 8.95. The molecule has 0 saturated carbocycles. The molecular formula is C22H26N4O4S2. The Morgan fingerprint density at radius 3 is 2.91 bits per heavy atom. The highest BCUT2D eigenvalue weighted by atomic mass is 32.2. The topological polar surface area (TPSA) is 105 Å². The first kappa shape index (κ1) is 22.6. The second-order valence-electron chi connectivity index (χ2n) is 7.87. The fraction of sp³-hybridized carbons (Fsp3) is 0.409. The van der Waals surface area contributed by atoms with Gasteiger partial charge < -0.3 is 9.84 Å². The van der Waals surface area contributed by atoms with E-state index < -0.39 is 10.0 Å². The summed E-state index contributed by atoms with van der Waals surface area (Å²) in [6.07, 6.45) is 1.93. The lowest BCUT2D eigenvalue weighted by molar-refractivity contribution is -0.126. The van der Waals surface area contributed by atoms with Crippen molar-refractivity contribution in [2.45, 2.75) is 43.9 Å². The molecule has 1 aromatic carbocycles. The molecule has 1 N–H and O–H groups in total. The second-order valence-corrected chi connectivity index (χ2v) is 10.9. The number of carbonyl (C=O) groups excluding carboxylic acids is 1. The molecule has 1 aliphatic rings. The van der Waals surface area contributed by atoms with E-state index >= 15 is 0 Å². The summed E-state index contributed by atoms with van der Waals surface area (Å²) in [5.74, 6) is 0.406. The van der Waals surface area contributed by atoms with Crippen LogP contribution in [0.2, 0.25) is 0 Å². The molecule has 0 radical (unpaired) electrons. The van der Waals surface area contributed by atoms with Gasteiger partial charge in [0.05, 0.1) is 5.92 Å². The number of thiophene rings is 1. The van der Waals surface area contributed by atoms with Gasteiger partial charge in [-0.05, 0) is 37.0 Å². The van der Waals surface area contributed by atoms with Gasteiger partial charge in [-0.25, -0.2) is 8.42 Å². The fourth-order valence-electron chi connectivity index (χ4n) is 3.72. The number of nitrogens with one attached hydrogen (secondary N) is 1. The number of benzene rings is 1. The molecule has 1 amide bonds. The summed E-state index contributed by atoms with van der Waals surface area (Å²) >= 11 is 1.13.